The second-order valence-electron chi connectivity index (χ2n) is 4.93. The molecule has 18 heavy (non-hydrogen) atoms. The maximum atomic E-state index is 5.48. The summed E-state index contributed by atoms with van der Waals surface area (Å²) in [4.78, 5) is 4.80. The van der Waals surface area contributed by atoms with E-state index in [2.05, 4.69) is 13.8 Å². The van der Waals surface area contributed by atoms with Crippen molar-refractivity contribution in [3.05, 3.63) is 23.3 Å². The summed E-state index contributed by atoms with van der Waals surface area (Å²) in [6.45, 7) is 4.29. The van der Waals surface area contributed by atoms with Crippen LogP contribution in [0, 0.1) is 0 Å². The van der Waals surface area contributed by atoms with Gasteiger partial charge in [0.2, 0.25) is 0 Å². The van der Waals surface area contributed by atoms with Crippen molar-refractivity contribution in [2.24, 2.45) is 4.99 Å². The van der Waals surface area contributed by atoms with E-state index in [4.69, 9.17) is 14.5 Å². The SMILES string of the molecule is COc1ccc(OC)c2c1CC(C)(C)N=C2SC. The highest BCUT2D eigenvalue weighted by Crippen LogP contribution is 2.40. The topological polar surface area (TPSA) is 30.8 Å². The Morgan fingerprint density at radius 2 is 1.78 bits per heavy atom. The third kappa shape index (κ3) is 2.21. The zero-order valence-electron chi connectivity index (χ0n) is 11.5. The Kier molecular flexibility index (Phi) is 3.57. The van der Waals surface area contributed by atoms with Crippen LogP contribution in [0.3, 0.4) is 0 Å². The zero-order valence-corrected chi connectivity index (χ0v) is 12.4. The molecule has 0 atom stereocenters. The molecule has 1 aromatic rings. The molecule has 1 heterocycles. The normalized spacial score (nSPS) is 16.8. The number of aliphatic imine (C=N–C) groups is 1. The first-order valence-electron chi connectivity index (χ1n) is 5.90. The second kappa shape index (κ2) is 4.84. The summed E-state index contributed by atoms with van der Waals surface area (Å²) < 4.78 is 10.9. The molecular weight excluding hydrogens is 246 g/mol. The van der Waals surface area contributed by atoms with Crippen molar-refractivity contribution in [1.82, 2.24) is 0 Å². The summed E-state index contributed by atoms with van der Waals surface area (Å²) >= 11 is 1.65. The number of hydrogen-bond acceptors (Lipinski definition) is 4. The molecule has 0 radical (unpaired) electrons. The average Bonchev–Trinajstić information content (AvgIpc) is 2.35. The summed E-state index contributed by atoms with van der Waals surface area (Å²) in [6.07, 6.45) is 2.91. The van der Waals surface area contributed by atoms with Gasteiger partial charge in [-0.05, 0) is 32.2 Å². The van der Waals surface area contributed by atoms with Crippen molar-refractivity contribution < 1.29 is 9.47 Å². The van der Waals surface area contributed by atoms with Crippen LogP contribution < -0.4 is 9.47 Å². The maximum absolute atomic E-state index is 5.48. The Labute approximate surface area is 113 Å². The van der Waals surface area contributed by atoms with Gasteiger partial charge in [0, 0.05) is 12.0 Å². The van der Waals surface area contributed by atoms with Gasteiger partial charge in [0.25, 0.3) is 0 Å². The smallest absolute Gasteiger partial charge is 0.129 e. The minimum Gasteiger partial charge on any atom is -0.496 e. The van der Waals surface area contributed by atoms with Crippen molar-refractivity contribution in [3.8, 4) is 11.5 Å². The monoisotopic (exact) mass is 265 g/mol. The lowest BCUT2D eigenvalue weighted by atomic mass is 9.88. The fraction of sp³-hybridized carbons (Fsp3) is 0.500. The molecule has 4 heteroatoms. The molecule has 3 nitrogen and oxygen atoms in total. The van der Waals surface area contributed by atoms with Crippen molar-refractivity contribution in [2.75, 3.05) is 20.5 Å². The molecule has 0 amide bonds. The number of methoxy groups -OCH3 is 2. The molecule has 0 bridgehead atoms. The molecule has 1 aliphatic heterocycles. The van der Waals surface area contributed by atoms with Gasteiger partial charge in [0.15, 0.2) is 0 Å². The van der Waals surface area contributed by atoms with E-state index in [0.717, 1.165) is 28.5 Å². The van der Waals surface area contributed by atoms with Crippen LogP contribution in [0.2, 0.25) is 0 Å². The first-order valence-corrected chi connectivity index (χ1v) is 7.13. The standard InChI is InChI=1S/C14H19NO2S/c1-14(2)8-9-10(16-3)6-7-11(17-4)12(9)13(15-14)18-5/h6-7H,8H2,1-5H3. The van der Waals surface area contributed by atoms with Crippen LogP contribution in [0.1, 0.15) is 25.0 Å². The van der Waals surface area contributed by atoms with Crippen LogP contribution in [0.15, 0.2) is 17.1 Å². The number of hydrogen-bond donors (Lipinski definition) is 0. The van der Waals surface area contributed by atoms with Crippen LogP contribution in [-0.2, 0) is 6.42 Å². The van der Waals surface area contributed by atoms with Gasteiger partial charge in [-0.2, -0.15) is 0 Å². The van der Waals surface area contributed by atoms with Gasteiger partial charge in [0.1, 0.15) is 16.5 Å². The number of ether oxygens (including phenoxy) is 2. The molecule has 0 aliphatic carbocycles. The molecule has 0 aromatic heterocycles. The average molecular weight is 265 g/mol. The van der Waals surface area contributed by atoms with Gasteiger partial charge >= 0.3 is 0 Å². The second-order valence-corrected chi connectivity index (χ2v) is 5.73. The highest BCUT2D eigenvalue weighted by Gasteiger charge is 2.31. The summed E-state index contributed by atoms with van der Waals surface area (Å²) in [5.74, 6) is 1.79. The zero-order chi connectivity index (χ0) is 13.3. The molecule has 0 N–H and O–H groups in total. The van der Waals surface area contributed by atoms with Gasteiger partial charge in [-0.25, -0.2) is 0 Å². The van der Waals surface area contributed by atoms with E-state index < -0.39 is 0 Å². The molecule has 0 unspecified atom stereocenters. The minimum absolute atomic E-state index is 0.0923. The van der Waals surface area contributed by atoms with Crippen LogP contribution in [-0.4, -0.2) is 31.1 Å². The van der Waals surface area contributed by atoms with Gasteiger partial charge in [-0.15, -0.1) is 11.8 Å². The van der Waals surface area contributed by atoms with Crippen molar-refractivity contribution in [1.29, 1.82) is 0 Å². The predicted molar refractivity (Wildman–Crippen MR) is 77.4 cm³/mol. The molecular formula is C14H19NO2S. The Bertz CT molecular complexity index is 495. The molecule has 0 saturated carbocycles. The van der Waals surface area contributed by atoms with E-state index in [1.54, 1.807) is 26.0 Å². The minimum atomic E-state index is -0.0923. The summed E-state index contributed by atoms with van der Waals surface area (Å²) in [7, 11) is 3.40. The number of rotatable bonds is 2. The summed E-state index contributed by atoms with van der Waals surface area (Å²) in [5.41, 5.74) is 2.19. The first kappa shape index (κ1) is 13.3. The largest absolute Gasteiger partial charge is 0.496 e. The number of thioether (sulfide) groups is 1. The van der Waals surface area contributed by atoms with Crippen molar-refractivity contribution in [3.63, 3.8) is 0 Å². The number of nitrogens with zero attached hydrogens (tertiary/aromatic N) is 1. The molecule has 0 saturated heterocycles. The van der Waals surface area contributed by atoms with Crippen LogP contribution in [0.4, 0.5) is 0 Å². The predicted octanol–water partition coefficient (Wildman–Crippen LogP) is 3.15. The quantitative estimate of drug-likeness (QED) is 0.823. The number of fused-ring (bicyclic) bond motifs is 1. The third-order valence-corrected chi connectivity index (χ3v) is 3.77. The van der Waals surface area contributed by atoms with Gasteiger partial charge in [-0.3, -0.25) is 4.99 Å². The van der Waals surface area contributed by atoms with E-state index in [1.165, 1.54) is 5.56 Å². The van der Waals surface area contributed by atoms with Crippen molar-refractivity contribution in [2.45, 2.75) is 25.8 Å². The molecule has 0 spiro atoms. The van der Waals surface area contributed by atoms with Gasteiger partial charge in [-0.1, -0.05) is 0 Å². The first-order chi connectivity index (χ1) is 8.52. The molecule has 1 aromatic carbocycles. The van der Waals surface area contributed by atoms with Crippen LogP contribution in [0.25, 0.3) is 0 Å². The fourth-order valence-electron chi connectivity index (χ4n) is 2.33. The number of benzene rings is 1. The van der Waals surface area contributed by atoms with Gasteiger partial charge < -0.3 is 9.47 Å². The van der Waals surface area contributed by atoms with E-state index >= 15 is 0 Å². The van der Waals surface area contributed by atoms with Crippen LogP contribution >= 0.6 is 11.8 Å². The van der Waals surface area contributed by atoms with E-state index in [0.29, 0.717) is 0 Å². The summed E-state index contributed by atoms with van der Waals surface area (Å²) in [5, 5.41) is 1.03. The van der Waals surface area contributed by atoms with E-state index in [1.807, 2.05) is 18.4 Å². The van der Waals surface area contributed by atoms with E-state index in [9.17, 15) is 0 Å². The highest BCUT2D eigenvalue weighted by atomic mass is 32.2. The molecule has 2 rings (SSSR count). The molecule has 0 fully saturated rings. The lowest BCUT2D eigenvalue weighted by molar-refractivity contribution is 0.390. The molecule has 1 aliphatic rings. The Morgan fingerprint density at radius 3 is 2.33 bits per heavy atom. The van der Waals surface area contributed by atoms with Crippen molar-refractivity contribution >= 4 is 16.8 Å². The third-order valence-electron chi connectivity index (χ3n) is 3.09. The lowest BCUT2D eigenvalue weighted by Crippen LogP contribution is -2.28. The van der Waals surface area contributed by atoms with Gasteiger partial charge in [0.05, 0.1) is 25.3 Å². The Morgan fingerprint density at radius 1 is 1.17 bits per heavy atom. The highest BCUT2D eigenvalue weighted by molar-refractivity contribution is 8.13. The van der Waals surface area contributed by atoms with E-state index in [-0.39, 0.29) is 5.54 Å². The van der Waals surface area contributed by atoms with Crippen LogP contribution in [0.5, 0.6) is 11.5 Å². The fourth-order valence-corrected chi connectivity index (χ4v) is 3.10. The maximum Gasteiger partial charge on any atom is 0.129 e. The lowest BCUT2D eigenvalue weighted by Gasteiger charge is -2.30. The molecule has 98 valence electrons. The Hall–Kier alpha value is -1.16. The Balaban J connectivity index is 2.69. The summed E-state index contributed by atoms with van der Waals surface area (Å²) in [6, 6.07) is 3.92.